The second-order valence-electron chi connectivity index (χ2n) is 4.81. The lowest BCUT2D eigenvalue weighted by atomic mass is 10.1. The van der Waals surface area contributed by atoms with Crippen molar-refractivity contribution in [2.45, 2.75) is 19.1 Å². The van der Waals surface area contributed by atoms with Crippen molar-refractivity contribution >= 4 is 0 Å². The molecule has 20 heavy (non-hydrogen) atoms. The molecule has 0 saturated carbocycles. The first-order chi connectivity index (χ1) is 9.86. The van der Waals surface area contributed by atoms with E-state index in [0.29, 0.717) is 12.2 Å². The zero-order valence-corrected chi connectivity index (χ0v) is 11.0. The van der Waals surface area contributed by atoms with Crippen molar-refractivity contribution in [2.24, 2.45) is 0 Å². The van der Waals surface area contributed by atoms with Gasteiger partial charge in [-0.25, -0.2) is 4.98 Å². The molecule has 0 amide bonds. The molecule has 0 saturated heterocycles. The van der Waals surface area contributed by atoms with Gasteiger partial charge >= 0.3 is 0 Å². The number of nitrogens with zero attached hydrogens (tertiary/aromatic N) is 2. The van der Waals surface area contributed by atoms with Crippen molar-refractivity contribution in [1.82, 2.24) is 10.3 Å². The lowest BCUT2D eigenvalue weighted by Gasteiger charge is -2.12. The highest BCUT2D eigenvalue weighted by atomic mass is 16.5. The maximum absolute atomic E-state index is 8.98. The SMILES string of the molecule is N#Cc1ncccc1CNCC1Cc2ccccc2O1. The van der Waals surface area contributed by atoms with E-state index in [1.807, 2.05) is 30.3 Å². The normalized spacial score (nSPS) is 16.2. The highest BCUT2D eigenvalue weighted by Gasteiger charge is 2.21. The summed E-state index contributed by atoms with van der Waals surface area (Å²) in [6.45, 7) is 1.39. The molecule has 0 bridgehead atoms. The van der Waals surface area contributed by atoms with E-state index in [1.54, 1.807) is 6.20 Å². The van der Waals surface area contributed by atoms with E-state index >= 15 is 0 Å². The van der Waals surface area contributed by atoms with E-state index < -0.39 is 0 Å². The summed E-state index contributed by atoms with van der Waals surface area (Å²) < 4.78 is 5.86. The van der Waals surface area contributed by atoms with Crippen molar-refractivity contribution in [3.05, 3.63) is 59.4 Å². The average molecular weight is 265 g/mol. The number of rotatable bonds is 4. The van der Waals surface area contributed by atoms with Gasteiger partial charge in [0.25, 0.3) is 0 Å². The fourth-order valence-corrected chi connectivity index (χ4v) is 2.42. The van der Waals surface area contributed by atoms with Crippen LogP contribution in [0.15, 0.2) is 42.6 Å². The fraction of sp³-hybridized carbons (Fsp3) is 0.250. The monoisotopic (exact) mass is 265 g/mol. The Morgan fingerprint density at radius 3 is 3.05 bits per heavy atom. The largest absolute Gasteiger partial charge is 0.488 e. The highest BCUT2D eigenvalue weighted by molar-refractivity contribution is 5.37. The molecule has 0 spiro atoms. The summed E-state index contributed by atoms with van der Waals surface area (Å²) in [6.07, 6.45) is 2.73. The minimum atomic E-state index is 0.162. The fourth-order valence-electron chi connectivity index (χ4n) is 2.42. The molecule has 2 aromatic rings. The second kappa shape index (κ2) is 5.72. The molecule has 2 heterocycles. The van der Waals surface area contributed by atoms with Crippen LogP contribution < -0.4 is 10.1 Å². The quantitative estimate of drug-likeness (QED) is 0.919. The van der Waals surface area contributed by atoms with Crippen molar-refractivity contribution in [2.75, 3.05) is 6.54 Å². The third-order valence-corrected chi connectivity index (χ3v) is 3.40. The van der Waals surface area contributed by atoms with Crippen LogP contribution in [0.3, 0.4) is 0 Å². The van der Waals surface area contributed by atoms with Gasteiger partial charge in [0.2, 0.25) is 0 Å². The van der Waals surface area contributed by atoms with Crippen LogP contribution in [-0.4, -0.2) is 17.6 Å². The van der Waals surface area contributed by atoms with E-state index in [4.69, 9.17) is 10.00 Å². The molecule has 1 aliphatic rings. The second-order valence-corrected chi connectivity index (χ2v) is 4.81. The smallest absolute Gasteiger partial charge is 0.144 e. The first-order valence-corrected chi connectivity index (χ1v) is 6.66. The molecule has 1 aliphatic heterocycles. The van der Waals surface area contributed by atoms with Crippen LogP contribution in [0.2, 0.25) is 0 Å². The van der Waals surface area contributed by atoms with Crippen LogP contribution in [0.25, 0.3) is 0 Å². The zero-order chi connectivity index (χ0) is 13.8. The molecule has 1 unspecified atom stereocenters. The lowest BCUT2D eigenvalue weighted by molar-refractivity contribution is 0.227. The van der Waals surface area contributed by atoms with Gasteiger partial charge in [0.15, 0.2) is 0 Å². The van der Waals surface area contributed by atoms with Crippen molar-refractivity contribution in [3.63, 3.8) is 0 Å². The summed E-state index contributed by atoms with van der Waals surface area (Å²) in [4.78, 5) is 4.05. The van der Waals surface area contributed by atoms with E-state index in [0.717, 1.165) is 24.3 Å². The summed E-state index contributed by atoms with van der Waals surface area (Å²) in [6, 6.07) is 14.0. The number of hydrogen-bond acceptors (Lipinski definition) is 4. The van der Waals surface area contributed by atoms with Crippen LogP contribution in [0, 0.1) is 11.3 Å². The lowest BCUT2D eigenvalue weighted by Crippen LogP contribution is -2.30. The van der Waals surface area contributed by atoms with E-state index in [9.17, 15) is 0 Å². The Balaban J connectivity index is 1.54. The molecular formula is C16H15N3O. The van der Waals surface area contributed by atoms with Gasteiger partial charge in [-0.3, -0.25) is 0 Å². The molecular weight excluding hydrogens is 250 g/mol. The van der Waals surface area contributed by atoms with Crippen molar-refractivity contribution < 1.29 is 4.74 Å². The third kappa shape index (κ3) is 2.63. The minimum absolute atomic E-state index is 0.162. The molecule has 0 fully saturated rings. The Hall–Kier alpha value is -2.38. The molecule has 3 rings (SSSR count). The molecule has 100 valence electrons. The van der Waals surface area contributed by atoms with E-state index in [1.165, 1.54) is 5.56 Å². The summed E-state index contributed by atoms with van der Waals surface area (Å²) >= 11 is 0. The van der Waals surface area contributed by atoms with Gasteiger partial charge in [0, 0.05) is 31.3 Å². The van der Waals surface area contributed by atoms with Crippen molar-refractivity contribution in [1.29, 1.82) is 5.26 Å². The molecule has 4 nitrogen and oxygen atoms in total. The van der Waals surface area contributed by atoms with E-state index in [2.05, 4.69) is 22.4 Å². The number of nitrogens with one attached hydrogen (secondary N) is 1. The van der Waals surface area contributed by atoms with Crippen LogP contribution in [0.1, 0.15) is 16.8 Å². The van der Waals surface area contributed by atoms with Gasteiger partial charge in [-0.2, -0.15) is 5.26 Å². The molecule has 0 radical (unpaired) electrons. The van der Waals surface area contributed by atoms with Gasteiger partial charge < -0.3 is 10.1 Å². The number of para-hydroxylation sites is 1. The van der Waals surface area contributed by atoms with Crippen LogP contribution in [0.4, 0.5) is 0 Å². The Morgan fingerprint density at radius 2 is 2.20 bits per heavy atom. The van der Waals surface area contributed by atoms with Gasteiger partial charge in [-0.05, 0) is 17.7 Å². The molecule has 1 aromatic carbocycles. The summed E-state index contributed by atoms with van der Waals surface area (Å²) in [5.41, 5.74) is 2.67. The third-order valence-electron chi connectivity index (χ3n) is 3.40. The maximum atomic E-state index is 8.98. The molecule has 1 aromatic heterocycles. The Bertz CT molecular complexity index is 623. The molecule has 1 atom stereocenters. The molecule has 0 aliphatic carbocycles. The number of benzene rings is 1. The summed E-state index contributed by atoms with van der Waals surface area (Å²) in [5, 5.41) is 12.3. The van der Waals surface area contributed by atoms with E-state index in [-0.39, 0.29) is 6.10 Å². The van der Waals surface area contributed by atoms with Gasteiger partial charge in [-0.15, -0.1) is 0 Å². The zero-order valence-electron chi connectivity index (χ0n) is 11.0. The topological polar surface area (TPSA) is 57.9 Å². The maximum Gasteiger partial charge on any atom is 0.144 e. The number of pyridine rings is 1. The van der Waals surface area contributed by atoms with Crippen LogP contribution in [0.5, 0.6) is 5.75 Å². The average Bonchev–Trinajstić information content (AvgIpc) is 2.90. The number of fused-ring (bicyclic) bond motifs is 1. The Kier molecular flexibility index (Phi) is 3.62. The first-order valence-electron chi connectivity index (χ1n) is 6.66. The van der Waals surface area contributed by atoms with Gasteiger partial charge in [0.1, 0.15) is 23.6 Å². The minimum Gasteiger partial charge on any atom is -0.488 e. The van der Waals surface area contributed by atoms with Crippen LogP contribution >= 0.6 is 0 Å². The van der Waals surface area contributed by atoms with Crippen LogP contribution in [-0.2, 0) is 13.0 Å². The number of aromatic nitrogens is 1. The van der Waals surface area contributed by atoms with Gasteiger partial charge in [-0.1, -0.05) is 24.3 Å². The van der Waals surface area contributed by atoms with Crippen molar-refractivity contribution in [3.8, 4) is 11.8 Å². The summed E-state index contributed by atoms with van der Waals surface area (Å²) in [7, 11) is 0. The number of hydrogen-bond donors (Lipinski definition) is 1. The first kappa shape index (κ1) is 12.6. The number of nitriles is 1. The van der Waals surface area contributed by atoms with Gasteiger partial charge in [0.05, 0.1) is 0 Å². The highest BCUT2D eigenvalue weighted by Crippen LogP contribution is 2.27. The molecule has 4 heteroatoms. The Labute approximate surface area is 118 Å². The standard InChI is InChI=1S/C16H15N3O/c17-9-15-13(5-3-7-19-15)10-18-11-14-8-12-4-1-2-6-16(12)20-14/h1-7,14,18H,8,10-11H2. The number of ether oxygens (including phenoxy) is 1. The predicted molar refractivity (Wildman–Crippen MR) is 75.2 cm³/mol. The summed E-state index contributed by atoms with van der Waals surface area (Å²) in [5.74, 6) is 0.985. The Morgan fingerprint density at radius 1 is 1.30 bits per heavy atom. The predicted octanol–water partition coefficient (Wildman–Crippen LogP) is 2.05. The molecule has 1 N–H and O–H groups in total.